The molecule has 0 saturated heterocycles. The monoisotopic (exact) mass is 267 g/mol. The Morgan fingerprint density at radius 1 is 1.50 bits per heavy atom. The van der Waals surface area contributed by atoms with Gasteiger partial charge in [0.15, 0.2) is 0 Å². The molecule has 1 aromatic heterocycles. The highest BCUT2D eigenvalue weighted by Crippen LogP contribution is 2.37. The van der Waals surface area contributed by atoms with Crippen molar-refractivity contribution in [3.05, 3.63) is 28.4 Å². The number of carbonyl (C=O) groups is 1. The minimum atomic E-state index is -0.955. The van der Waals surface area contributed by atoms with E-state index in [0.29, 0.717) is 17.2 Å². The van der Waals surface area contributed by atoms with E-state index >= 15 is 0 Å². The van der Waals surface area contributed by atoms with Crippen LogP contribution in [0.2, 0.25) is 5.02 Å². The molecule has 0 unspecified atom stereocenters. The Labute approximate surface area is 110 Å². The van der Waals surface area contributed by atoms with Gasteiger partial charge in [0.1, 0.15) is 11.4 Å². The number of nitrogens with zero attached hydrogens (tertiary/aromatic N) is 1. The quantitative estimate of drug-likeness (QED) is 0.930. The van der Waals surface area contributed by atoms with Crippen LogP contribution in [-0.4, -0.2) is 22.8 Å². The van der Waals surface area contributed by atoms with Crippen LogP contribution in [0.25, 0.3) is 10.9 Å². The number of aromatic nitrogens is 1. The minimum absolute atomic E-state index is 0.263. The Hall–Kier alpha value is -1.68. The maximum absolute atomic E-state index is 11.4. The molecule has 96 valence electrons. The molecule has 4 nitrogen and oxygen atoms in total. The first-order valence-electron chi connectivity index (χ1n) is 5.59. The molecule has 0 fully saturated rings. The first kappa shape index (κ1) is 12.8. The van der Waals surface area contributed by atoms with Gasteiger partial charge in [-0.2, -0.15) is 0 Å². The van der Waals surface area contributed by atoms with Crippen molar-refractivity contribution in [2.45, 2.75) is 13.3 Å². The lowest BCUT2D eigenvalue weighted by molar-refractivity contribution is 0.0686. The van der Waals surface area contributed by atoms with Crippen LogP contribution >= 0.6 is 11.6 Å². The van der Waals surface area contributed by atoms with Gasteiger partial charge in [-0.25, -0.2) is 4.79 Å². The van der Waals surface area contributed by atoms with Crippen LogP contribution in [0.1, 0.15) is 23.0 Å². The van der Waals surface area contributed by atoms with Crippen LogP contribution in [0.3, 0.4) is 0 Å². The lowest BCUT2D eigenvalue weighted by Gasteiger charge is -2.06. The van der Waals surface area contributed by atoms with Crippen molar-refractivity contribution in [3.63, 3.8) is 0 Å². The normalized spacial score (nSPS) is 10.9. The lowest BCUT2D eigenvalue weighted by Crippen LogP contribution is -2.07. The summed E-state index contributed by atoms with van der Waals surface area (Å²) in [6.45, 7) is 1.91. The molecule has 18 heavy (non-hydrogen) atoms. The number of aryl methyl sites for hydroxylation is 2. The Balaban J connectivity index is 3.01. The molecule has 0 aliphatic rings. The molecule has 0 atom stereocenters. The molecule has 0 radical (unpaired) electrons. The largest absolute Gasteiger partial charge is 0.495 e. The fraction of sp³-hybridized carbons (Fsp3) is 0.308. The number of ether oxygens (including phenoxy) is 1. The van der Waals surface area contributed by atoms with Crippen molar-refractivity contribution in [3.8, 4) is 5.75 Å². The Morgan fingerprint density at radius 3 is 2.67 bits per heavy atom. The van der Waals surface area contributed by atoms with Gasteiger partial charge in [0, 0.05) is 12.4 Å². The van der Waals surface area contributed by atoms with Crippen LogP contribution in [0, 0.1) is 0 Å². The summed E-state index contributed by atoms with van der Waals surface area (Å²) in [5.41, 5.74) is 1.72. The van der Waals surface area contributed by atoms with E-state index in [-0.39, 0.29) is 5.69 Å². The number of hydrogen-bond acceptors (Lipinski definition) is 2. The number of fused-ring (bicyclic) bond motifs is 1. The fourth-order valence-corrected chi connectivity index (χ4v) is 2.65. The molecule has 0 amide bonds. The first-order chi connectivity index (χ1) is 8.52. The number of methoxy groups -OCH3 is 1. The van der Waals surface area contributed by atoms with Gasteiger partial charge in [-0.1, -0.05) is 18.5 Å². The van der Waals surface area contributed by atoms with Crippen LogP contribution in [0.5, 0.6) is 5.75 Å². The highest BCUT2D eigenvalue weighted by atomic mass is 35.5. The lowest BCUT2D eigenvalue weighted by atomic mass is 10.1. The molecule has 0 aliphatic heterocycles. The summed E-state index contributed by atoms with van der Waals surface area (Å²) in [5.74, 6) is -0.331. The first-order valence-corrected chi connectivity index (χ1v) is 5.97. The van der Waals surface area contributed by atoms with Crippen LogP contribution in [0.4, 0.5) is 0 Å². The molecular weight excluding hydrogens is 254 g/mol. The molecule has 5 heteroatoms. The molecule has 2 rings (SSSR count). The van der Waals surface area contributed by atoms with Gasteiger partial charge in [-0.15, -0.1) is 0 Å². The second kappa shape index (κ2) is 4.53. The van der Waals surface area contributed by atoms with E-state index in [0.717, 1.165) is 16.5 Å². The number of halogens is 1. The van der Waals surface area contributed by atoms with Crippen molar-refractivity contribution in [1.82, 2.24) is 4.57 Å². The highest BCUT2D eigenvalue weighted by molar-refractivity contribution is 6.36. The van der Waals surface area contributed by atoms with E-state index in [1.54, 1.807) is 30.9 Å². The Morgan fingerprint density at radius 2 is 2.17 bits per heavy atom. The summed E-state index contributed by atoms with van der Waals surface area (Å²) in [6, 6.07) is 3.48. The van der Waals surface area contributed by atoms with Crippen LogP contribution in [0.15, 0.2) is 12.1 Å². The van der Waals surface area contributed by atoms with Gasteiger partial charge in [-0.05, 0) is 24.1 Å². The maximum Gasteiger partial charge on any atom is 0.352 e. The average molecular weight is 268 g/mol. The summed E-state index contributed by atoms with van der Waals surface area (Å²) >= 11 is 6.20. The fourth-order valence-electron chi connectivity index (χ4n) is 2.38. The number of aromatic carboxylic acids is 1. The highest BCUT2D eigenvalue weighted by Gasteiger charge is 2.23. The Kier molecular flexibility index (Phi) is 3.22. The van der Waals surface area contributed by atoms with Gasteiger partial charge < -0.3 is 14.4 Å². The molecule has 0 aliphatic carbocycles. The van der Waals surface area contributed by atoms with E-state index in [9.17, 15) is 9.90 Å². The summed E-state index contributed by atoms with van der Waals surface area (Å²) in [6.07, 6.45) is 0.603. The third kappa shape index (κ3) is 1.64. The topological polar surface area (TPSA) is 51.5 Å². The Bertz CT molecular complexity index is 631. The number of carboxylic acids is 1. The smallest absolute Gasteiger partial charge is 0.352 e. The summed E-state index contributed by atoms with van der Waals surface area (Å²) in [4.78, 5) is 11.4. The second-order valence-electron chi connectivity index (χ2n) is 4.02. The average Bonchev–Trinajstić information content (AvgIpc) is 2.64. The zero-order valence-corrected chi connectivity index (χ0v) is 11.2. The number of rotatable bonds is 3. The molecule has 2 aromatic rings. The van der Waals surface area contributed by atoms with Crippen molar-refractivity contribution in [2.24, 2.45) is 7.05 Å². The van der Waals surface area contributed by atoms with E-state index in [4.69, 9.17) is 16.3 Å². The molecular formula is C13H14ClNO3. The zero-order chi connectivity index (χ0) is 13.4. The third-order valence-corrected chi connectivity index (χ3v) is 3.44. The molecule has 0 spiro atoms. The molecule has 0 bridgehead atoms. The summed E-state index contributed by atoms with van der Waals surface area (Å²) in [7, 11) is 3.27. The second-order valence-corrected chi connectivity index (χ2v) is 4.43. The van der Waals surface area contributed by atoms with Gasteiger partial charge in [0.25, 0.3) is 0 Å². The van der Waals surface area contributed by atoms with Crippen molar-refractivity contribution in [2.75, 3.05) is 7.11 Å². The minimum Gasteiger partial charge on any atom is -0.495 e. The van der Waals surface area contributed by atoms with E-state index in [1.165, 1.54) is 0 Å². The predicted octanol–water partition coefficient (Wildman–Crippen LogP) is 3.10. The number of hydrogen-bond donors (Lipinski definition) is 1. The van der Waals surface area contributed by atoms with Crippen molar-refractivity contribution >= 4 is 28.5 Å². The van der Waals surface area contributed by atoms with Crippen molar-refractivity contribution in [1.29, 1.82) is 0 Å². The summed E-state index contributed by atoms with van der Waals surface area (Å²) < 4.78 is 6.91. The van der Waals surface area contributed by atoms with Crippen LogP contribution in [-0.2, 0) is 13.5 Å². The van der Waals surface area contributed by atoms with Gasteiger partial charge in [-0.3, -0.25) is 0 Å². The van der Waals surface area contributed by atoms with Gasteiger partial charge in [0.2, 0.25) is 0 Å². The third-order valence-electron chi connectivity index (χ3n) is 3.12. The van der Waals surface area contributed by atoms with Crippen molar-refractivity contribution < 1.29 is 14.6 Å². The van der Waals surface area contributed by atoms with E-state index in [1.807, 2.05) is 6.92 Å². The molecule has 1 heterocycles. The van der Waals surface area contributed by atoms with Crippen LogP contribution < -0.4 is 4.74 Å². The maximum atomic E-state index is 11.4. The molecule has 1 aromatic carbocycles. The zero-order valence-electron chi connectivity index (χ0n) is 10.5. The van der Waals surface area contributed by atoms with Gasteiger partial charge >= 0.3 is 5.97 Å². The van der Waals surface area contributed by atoms with E-state index in [2.05, 4.69) is 0 Å². The predicted molar refractivity (Wildman–Crippen MR) is 70.8 cm³/mol. The molecule has 0 saturated carbocycles. The standard InChI is InChI=1S/C13H14ClNO3/c1-4-7-10-8(14)5-6-9(18-3)12(10)15(2)11(7)13(16)17/h5-6H,4H2,1-3H3,(H,16,17). The number of carboxylic acid groups (broad SMARTS) is 1. The SMILES string of the molecule is CCc1c(C(=O)O)n(C)c2c(OC)ccc(Cl)c12. The van der Waals surface area contributed by atoms with Gasteiger partial charge in [0.05, 0.1) is 17.6 Å². The van der Waals surface area contributed by atoms with E-state index < -0.39 is 5.97 Å². The number of benzene rings is 1. The molecule has 1 N–H and O–H groups in total. The summed E-state index contributed by atoms with van der Waals surface area (Å²) in [5, 5.41) is 10.6.